The van der Waals surface area contributed by atoms with Gasteiger partial charge in [-0.15, -0.1) is 6.58 Å². The van der Waals surface area contributed by atoms with Gasteiger partial charge in [0, 0.05) is 6.20 Å². The molecule has 0 amide bonds. The fourth-order valence-electron chi connectivity index (χ4n) is 9.78. The third-order valence-electron chi connectivity index (χ3n) is 11.0. The molecule has 1 N–H and O–H groups in total. The maximum atomic E-state index is 11.7. The summed E-state index contributed by atoms with van der Waals surface area (Å²) in [4.78, 5) is 0. The van der Waals surface area contributed by atoms with Gasteiger partial charge in [0.1, 0.15) is 6.07 Å². The van der Waals surface area contributed by atoms with Crippen molar-refractivity contribution in [2.75, 3.05) is 0 Å². The molecule has 4 nitrogen and oxygen atoms in total. The Morgan fingerprint density at radius 1 is 1.21 bits per heavy atom. The zero-order valence-corrected chi connectivity index (χ0v) is 21.0. The van der Waals surface area contributed by atoms with Crippen molar-refractivity contribution in [2.45, 2.75) is 97.1 Å². The molecule has 1 heterocycles. The summed E-state index contributed by atoms with van der Waals surface area (Å²) in [6, 6.07) is 2.15. The van der Waals surface area contributed by atoms with Crippen LogP contribution in [0.25, 0.3) is 0 Å². The summed E-state index contributed by atoms with van der Waals surface area (Å²) in [5, 5.41) is 25.2. The summed E-state index contributed by atoms with van der Waals surface area (Å²) in [5.74, 6) is 4.30. The highest BCUT2D eigenvalue weighted by atomic mass is 16.3. The van der Waals surface area contributed by atoms with Gasteiger partial charge in [-0.2, -0.15) is 10.4 Å². The van der Waals surface area contributed by atoms with E-state index in [1.54, 1.807) is 17.1 Å². The van der Waals surface area contributed by atoms with Gasteiger partial charge in [0.2, 0.25) is 0 Å². The van der Waals surface area contributed by atoms with Crippen LogP contribution in [-0.2, 0) is 6.54 Å². The van der Waals surface area contributed by atoms with Crippen LogP contribution in [0.3, 0.4) is 0 Å². The number of nitrogens with zero attached hydrogens (tertiary/aromatic N) is 3. The normalized spacial score (nSPS) is 44.5. The van der Waals surface area contributed by atoms with Crippen molar-refractivity contribution in [3.63, 3.8) is 0 Å². The third kappa shape index (κ3) is 3.70. The van der Waals surface area contributed by atoms with Crippen molar-refractivity contribution in [1.29, 1.82) is 5.26 Å². The number of hydrogen-bond donors (Lipinski definition) is 1. The van der Waals surface area contributed by atoms with Crippen LogP contribution in [0.1, 0.15) is 90.5 Å². The molecule has 33 heavy (non-hydrogen) atoms. The van der Waals surface area contributed by atoms with Crippen LogP contribution in [0.5, 0.6) is 0 Å². The Morgan fingerprint density at radius 2 is 1.97 bits per heavy atom. The predicted molar refractivity (Wildman–Crippen MR) is 131 cm³/mol. The van der Waals surface area contributed by atoms with E-state index in [2.05, 4.69) is 37.7 Å². The second-order valence-electron chi connectivity index (χ2n) is 12.8. The minimum Gasteiger partial charge on any atom is -0.388 e. The van der Waals surface area contributed by atoms with Crippen LogP contribution in [-0.4, -0.2) is 20.5 Å². The molecular formula is C29H43N3O. The maximum Gasteiger partial charge on any atom is 0.102 e. The van der Waals surface area contributed by atoms with Crippen molar-refractivity contribution < 1.29 is 5.11 Å². The summed E-state index contributed by atoms with van der Waals surface area (Å²) in [5.41, 5.74) is 0.314. The molecule has 4 aliphatic carbocycles. The van der Waals surface area contributed by atoms with Gasteiger partial charge in [-0.1, -0.05) is 32.8 Å². The lowest BCUT2D eigenvalue weighted by Crippen LogP contribution is -2.53. The van der Waals surface area contributed by atoms with Gasteiger partial charge >= 0.3 is 0 Å². The highest BCUT2D eigenvalue weighted by Crippen LogP contribution is 2.67. The lowest BCUT2D eigenvalue weighted by Gasteiger charge is -2.59. The first-order chi connectivity index (χ1) is 15.7. The summed E-state index contributed by atoms with van der Waals surface area (Å²) >= 11 is 0. The molecule has 0 saturated heterocycles. The Hall–Kier alpha value is -1.60. The molecular weight excluding hydrogens is 406 g/mol. The SMILES string of the molecule is C=C[C@]12CC[C@@H]3C(CC[C@@]4(C)C3CC[C@@H]4[C@](C)(O)Cn3cc(C#N)cn3)[C@H]1CCC[C@H](C)C2. The van der Waals surface area contributed by atoms with E-state index in [-0.39, 0.29) is 11.3 Å². The van der Waals surface area contributed by atoms with E-state index in [4.69, 9.17) is 5.26 Å². The molecule has 4 aliphatic rings. The largest absolute Gasteiger partial charge is 0.388 e. The Labute approximate surface area is 200 Å². The Kier molecular flexibility index (Phi) is 5.80. The fourth-order valence-corrected chi connectivity index (χ4v) is 9.78. The first-order valence-corrected chi connectivity index (χ1v) is 13.5. The first kappa shape index (κ1) is 23.2. The molecule has 4 fully saturated rings. The van der Waals surface area contributed by atoms with E-state index in [0.29, 0.717) is 17.5 Å². The van der Waals surface area contributed by atoms with Crippen LogP contribution in [0.15, 0.2) is 25.0 Å². The van der Waals surface area contributed by atoms with E-state index in [9.17, 15) is 5.11 Å². The monoisotopic (exact) mass is 449 g/mol. The molecule has 0 aromatic carbocycles. The number of aliphatic hydroxyl groups is 1. The van der Waals surface area contributed by atoms with Gasteiger partial charge in [0.15, 0.2) is 0 Å². The van der Waals surface area contributed by atoms with E-state index in [1.165, 1.54) is 57.8 Å². The minimum absolute atomic E-state index is 0.197. The zero-order valence-electron chi connectivity index (χ0n) is 21.0. The summed E-state index contributed by atoms with van der Waals surface area (Å²) in [6.45, 7) is 11.8. The molecule has 0 bridgehead atoms. The second kappa shape index (κ2) is 8.26. The number of rotatable bonds is 4. The number of fused-ring (bicyclic) bond motifs is 5. The first-order valence-electron chi connectivity index (χ1n) is 13.5. The van der Waals surface area contributed by atoms with Gasteiger partial charge in [0.25, 0.3) is 0 Å². The number of hydrogen-bond acceptors (Lipinski definition) is 3. The maximum absolute atomic E-state index is 11.7. The number of nitriles is 1. The molecule has 4 saturated carbocycles. The average Bonchev–Trinajstić information content (AvgIpc) is 3.33. The van der Waals surface area contributed by atoms with Gasteiger partial charge in [0.05, 0.1) is 23.9 Å². The zero-order chi connectivity index (χ0) is 23.4. The third-order valence-corrected chi connectivity index (χ3v) is 11.0. The predicted octanol–water partition coefficient (Wildman–Crippen LogP) is 6.36. The van der Waals surface area contributed by atoms with E-state index in [1.807, 2.05) is 6.92 Å². The van der Waals surface area contributed by atoms with Gasteiger partial charge in [-0.25, -0.2) is 0 Å². The molecule has 5 rings (SSSR count). The summed E-state index contributed by atoms with van der Waals surface area (Å²) < 4.78 is 1.77. The molecule has 0 radical (unpaired) electrons. The van der Waals surface area contributed by atoms with Crippen molar-refractivity contribution >= 4 is 0 Å². The molecule has 1 aromatic heterocycles. The molecule has 0 aliphatic heterocycles. The van der Waals surface area contributed by atoms with E-state index in [0.717, 1.165) is 36.0 Å². The molecule has 9 atom stereocenters. The lowest BCUT2D eigenvalue weighted by molar-refractivity contribution is -0.118. The summed E-state index contributed by atoms with van der Waals surface area (Å²) in [6.07, 6.45) is 18.8. The van der Waals surface area contributed by atoms with Gasteiger partial charge in [-0.3, -0.25) is 4.68 Å². The van der Waals surface area contributed by atoms with Crippen molar-refractivity contribution in [3.8, 4) is 6.07 Å². The van der Waals surface area contributed by atoms with Crippen LogP contribution < -0.4 is 0 Å². The van der Waals surface area contributed by atoms with Crippen molar-refractivity contribution in [3.05, 3.63) is 30.6 Å². The number of allylic oxidation sites excluding steroid dienone is 1. The lowest BCUT2D eigenvalue weighted by atomic mass is 9.46. The fraction of sp³-hybridized carbons (Fsp3) is 0.793. The molecule has 1 aromatic rings. The minimum atomic E-state index is -0.813. The van der Waals surface area contributed by atoms with E-state index >= 15 is 0 Å². The highest BCUT2D eigenvalue weighted by molar-refractivity contribution is 5.22. The summed E-state index contributed by atoms with van der Waals surface area (Å²) in [7, 11) is 0. The van der Waals surface area contributed by atoms with Crippen LogP contribution in [0, 0.1) is 57.7 Å². The standard InChI is InChI=1S/C29H43N3O/c1-5-29-14-12-22-23(25(29)8-6-7-20(2)15-29)11-13-27(3)24(22)9-10-26(27)28(4,33)19-32-18-21(16-30)17-31-32/h5,17-18,20,22-26,33H,1,6-15,19H2,2-4H3/t20-,22+,23?,24?,25+,26-,27-,28+,29+/m0/s1. The van der Waals surface area contributed by atoms with Crippen LogP contribution in [0.2, 0.25) is 0 Å². The highest BCUT2D eigenvalue weighted by Gasteiger charge is 2.61. The van der Waals surface area contributed by atoms with Crippen molar-refractivity contribution in [1.82, 2.24) is 9.78 Å². The Balaban J connectivity index is 1.38. The topological polar surface area (TPSA) is 61.8 Å². The van der Waals surface area contributed by atoms with Gasteiger partial charge < -0.3 is 5.11 Å². The quantitative estimate of drug-likeness (QED) is 0.544. The second-order valence-corrected chi connectivity index (χ2v) is 12.8. The Bertz CT molecular complexity index is 928. The van der Waals surface area contributed by atoms with E-state index < -0.39 is 5.60 Å². The molecule has 180 valence electrons. The van der Waals surface area contributed by atoms with Crippen molar-refractivity contribution in [2.24, 2.45) is 46.3 Å². The van der Waals surface area contributed by atoms with Crippen LogP contribution >= 0.6 is 0 Å². The molecule has 2 unspecified atom stereocenters. The molecule has 4 heteroatoms. The Morgan fingerprint density at radius 3 is 2.70 bits per heavy atom. The van der Waals surface area contributed by atoms with Crippen LogP contribution in [0.4, 0.5) is 0 Å². The number of aromatic nitrogens is 2. The van der Waals surface area contributed by atoms with Gasteiger partial charge in [-0.05, 0) is 105 Å². The average molecular weight is 450 g/mol. The smallest absolute Gasteiger partial charge is 0.102 e. The molecule has 0 spiro atoms.